The quantitative estimate of drug-likeness (QED) is 0.246. The van der Waals surface area contributed by atoms with Crippen LogP contribution in [0.1, 0.15) is 135 Å². The minimum atomic E-state index is -0.140. The van der Waals surface area contributed by atoms with Gasteiger partial charge in [-0.3, -0.25) is 0 Å². The largest absolute Gasteiger partial charge is 0.0955 e. The number of hydrogen-bond acceptors (Lipinski definition) is 0. The molecule has 0 N–H and O–H groups in total. The Labute approximate surface area is 252 Å². The highest BCUT2D eigenvalue weighted by Crippen LogP contribution is 2.70. The van der Waals surface area contributed by atoms with Gasteiger partial charge in [0.25, 0.3) is 0 Å². The molecule has 3 aliphatic carbocycles. The van der Waals surface area contributed by atoms with Gasteiger partial charge in [-0.1, -0.05) is 109 Å². The molecule has 0 saturated heterocycles. The zero-order valence-electron chi connectivity index (χ0n) is 27.9. The summed E-state index contributed by atoms with van der Waals surface area (Å²) in [6, 6.07) is 2.38. The predicted molar refractivity (Wildman–Crippen MR) is 181 cm³/mol. The van der Waals surface area contributed by atoms with Gasteiger partial charge in [0.2, 0.25) is 0 Å². The van der Waals surface area contributed by atoms with Crippen molar-refractivity contribution in [2.45, 2.75) is 120 Å². The third kappa shape index (κ3) is 4.79. The van der Waals surface area contributed by atoms with Crippen LogP contribution >= 0.6 is 0 Å². The summed E-state index contributed by atoms with van der Waals surface area (Å²) in [5.41, 5.74) is 16.9. The van der Waals surface area contributed by atoms with E-state index in [9.17, 15) is 0 Å². The minimum absolute atomic E-state index is 0.0283. The maximum absolute atomic E-state index is 4.89. The molecule has 4 rings (SSSR count). The normalized spacial score (nSPS) is 27.3. The Morgan fingerprint density at radius 2 is 1.68 bits per heavy atom. The molecule has 0 saturated carbocycles. The standard InChI is InChI=1S/C41H54/c1-15-16-17-18-27(6)19-20-33-21-34(25(2)3)35-23-39(12)24-40(13)22-28(7)36(26(4)5)31(10)41(40,14)32(11)38(39)30(9)37(35)29(33)8/h21,25H,4,6,9-10,15-18,22-24H2,1-3,5,7-8,11-14H3/t39-,40+,41-/m1/s1. The number of unbranched alkanes of at least 4 members (excludes halogenated alkanes) is 2. The Morgan fingerprint density at radius 3 is 2.27 bits per heavy atom. The molecule has 0 fully saturated rings. The molecule has 0 aromatic heterocycles. The van der Waals surface area contributed by atoms with E-state index in [4.69, 9.17) is 13.2 Å². The fourth-order valence-electron chi connectivity index (χ4n) is 9.08. The van der Waals surface area contributed by atoms with Crippen LogP contribution in [-0.4, -0.2) is 0 Å². The molecule has 0 unspecified atom stereocenters. The smallest absolute Gasteiger partial charge is 0.0287 e. The summed E-state index contributed by atoms with van der Waals surface area (Å²) in [5.74, 6) is 7.39. The second-order valence-electron chi connectivity index (χ2n) is 14.6. The van der Waals surface area contributed by atoms with Crippen molar-refractivity contribution in [3.05, 3.63) is 99.2 Å². The Hall–Kier alpha value is -2.78. The molecule has 0 radical (unpaired) electrons. The minimum Gasteiger partial charge on any atom is -0.0955 e. The van der Waals surface area contributed by atoms with Crippen LogP contribution in [0.2, 0.25) is 0 Å². The third-order valence-electron chi connectivity index (χ3n) is 11.1. The van der Waals surface area contributed by atoms with Gasteiger partial charge in [-0.15, -0.1) is 0 Å². The van der Waals surface area contributed by atoms with Crippen LogP contribution in [0.3, 0.4) is 0 Å². The average Bonchev–Trinajstić information content (AvgIpc) is 2.85. The molecule has 41 heavy (non-hydrogen) atoms. The number of rotatable bonds is 6. The summed E-state index contributed by atoms with van der Waals surface area (Å²) in [6.07, 6.45) is 7.85. The predicted octanol–water partition coefficient (Wildman–Crippen LogP) is 11.8. The van der Waals surface area contributed by atoms with Crippen molar-refractivity contribution < 1.29 is 0 Å². The van der Waals surface area contributed by atoms with Gasteiger partial charge in [0, 0.05) is 11.0 Å². The Kier molecular flexibility index (Phi) is 8.21. The molecule has 0 amide bonds. The molecule has 0 nitrogen and oxygen atoms in total. The first kappa shape index (κ1) is 31.2. The Morgan fingerprint density at radius 1 is 1.02 bits per heavy atom. The average molecular weight is 547 g/mol. The fraction of sp³-hybridized carbons (Fsp3) is 0.512. The van der Waals surface area contributed by atoms with E-state index >= 15 is 0 Å². The summed E-state index contributed by atoms with van der Waals surface area (Å²) >= 11 is 0. The zero-order valence-corrected chi connectivity index (χ0v) is 27.9. The van der Waals surface area contributed by atoms with Gasteiger partial charge in [-0.25, -0.2) is 0 Å². The van der Waals surface area contributed by atoms with Gasteiger partial charge in [-0.05, 0) is 133 Å². The molecule has 0 aliphatic heterocycles. The van der Waals surface area contributed by atoms with Crippen LogP contribution in [0.25, 0.3) is 5.57 Å². The van der Waals surface area contributed by atoms with Gasteiger partial charge in [0.15, 0.2) is 0 Å². The van der Waals surface area contributed by atoms with Gasteiger partial charge >= 0.3 is 0 Å². The van der Waals surface area contributed by atoms with E-state index in [1.54, 1.807) is 0 Å². The van der Waals surface area contributed by atoms with Crippen LogP contribution in [0.4, 0.5) is 0 Å². The van der Waals surface area contributed by atoms with Gasteiger partial charge in [-0.2, -0.15) is 0 Å². The van der Waals surface area contributed by atoms with Crippen molar-refractivity contribution in [2.24, 2.45) is 16.2 Å². The lowest BCUT2D eigenvalue weighted by Gasteiger charge is -2.62. The molecular weight excluding hydrogens is 492 g/mol. The summed E-state index contributed by atoms with van der Waals surface area (Å²) in [4.78, 5) is 0. The molecule has 218 valence electrons. The molecule has 0 bridgehead atoms. The van der Waals surface area contributed by atoms with Crippen molar-refractivity contribution in [1.82, 2.24) is 0 Å². The molecule has 1 aromatic rings. The van der Waals surface area contributed by atoms with Crippen molar-refractivity contribution >= 4 is 5.57 Å². The van der Waals surface area contributed by atoms with Crippen LogP contribution in [0, 0.1) is 35.0 Å². The lowest BCUT2D eigenvalue weighted by molar-refractivity contribution is 0.0543. The monoisotopic (exact) mass is 546 g/mol. The molecule has 3 atom stereocenters. The number of benzene rings is 1. The van der Waals surface area contributed by atoms with Crippen molar-refractivity contribution in [3.63, 3.8) is 0 Å². The number of fused-ring (bicyclic) bond motifs is 3. The maximum Gasteiger partial charge on any atom is 0.0287 e. The summed E-state index contributed by atoms with van der Waals surface area (Å²) in [5, 5.41) is 0. The maximum atomic E-state index is 4.89. The van der Waals surface area contributed by atoms with Crippen LogP contribution in [0.5, 0.6) is 0 Å². The van der Waals surface area contributed by atoms with E-state index in [2.05, 4.69) is 100 Å². The first-order chi connectivity index (χ1) is 19.0. The fourth-order valence-corrected chi connectivity index (χ4v) is 9.08. The van der Waals surface area contributed by atoms with Crippen molar-refractivity contribution in [2.75, 3.05) is 0 Å². The van der Waals surface area contributed by atoms with E-state index in [1.807, 2.05) is 0 Å². The molecule has 1 aromatic carbocycles. The van der Waals surface area contributed by atoms with Crippen molar-refractivity contribution in [3.8, 4) is 11.8 Å². The van der Waals surface area contributed by atoms with Crippen LogP contribution in [-0.2, 0) is 6.42 Å². The topological polar surface area (TPSA) is 0 Å². The lowest BCUT2D eigenvalue weighted by Crippen LogP contribution is -2.52. The van der Waals surface area contributed by atoms with Crippen LogP contribution < -0.4 is 0 Å². The third-order valence-corrected chi connectivity index (χ3v) is 11.1. The van der Waals surface area contributed by atoms with Gasteiger partial charge in [0.05, 0.1) is 0 Å². The second kappa shape index (κ2) is 10.8. The first-order valence-corrected chi connectivity index (χ1v) is 15.9. The van der Waals surface area contributed by atoms with Gasteiger partial charge in [0.1, 0.15) is 0 Å². The zero-order chi connectivity index (χ0) is 30.7. The molecule has 0 heteroatoms. The van der Waals surface area contributed by atoms with E-state index in [0.717, 1.165) is 48.8 Å². The summed E-state index contributed by atoms with van der Waals surface area (Å²) in [7, 11) is 0. The van der Waals surface area contributed by atoms with E-state index in [1.165, 1.54) is 68.5 Å². The van der Waals surface area contributed by atoms with Crippen LogP contribution in [0.15, 0.2) is 71.4 Å². The molecule has 0 heterocycles. The number of allylic oxidation sites excluding steroid dienone is 8. The molecule has 0 spiro atoms. The summed E-state index contributed by atoms with van der Waals surface area (Å²) < 4.78 is 0. The highest BCUT2D eigenvalue weighted by Gasteiger charge is 2.59. The van der Waals surface area contributed by atoms with Crippen molar-refractivity contribution in [1.29, 1.82) is 0 Å². The first-order valence-electron chi connectivity index (χ1n) is 15.9. The second-order valence-corrected chi connectivity index (χ2v) is 14.6. The van der Waals surface area contributed by atoms with E-state index < -0.39 is 0 Å². The van der Waals surface area contributed by atoms with Gasteiger partial charge < -0.3 is 0 Å². The number of hydrogen-bond donors (Lipinski definition) is 0. The van der Waals surface area contributed by atoms with E-state index in [0.29, 0.717) is 5.92 Å². The highest BCUT2D eigenvalue weighted by molar-refractivity contribution is 5.88. The highest BCUT2D eigenvalue weighted by atomic mass is 14.6. The van der Waals surface area contributed by atoms with E-state index in [-0.39, 0.29) is 16.2 Å². The molecular formula is C41H54. The Bertz CT molecular complexity index is 1480. The SMILES string of the molecule is C=C(C#Cc1cc(C(C)C)c2c(c1C)C(=C)C1=C(C)[C@@]3(C)C(=C)C(C(=C)C)=C(C)C[C@@]3(C)C[C@@]1(C)C2)CCCCC. The summed E-state index contributed by atoms with van der Waals surface area (Å²) in [6.45, 7) is 41.7. The lowest BCUT2D eigenvalue weighted by atomic mass is 9.41. The molecule has 3 aliphatic rings. The Balaban J connectivity index is 1.92.